The zero-order valence-electron chi connectivity index (χ0n) is 15.1. The van der Waals surface area contributed by atoms with Crippen molar-refractivity contribution in [2.24, 2.45) is 0 Å². The molecule has 26 heavy (non-hydrogen) atoms. The average molecular weight is 352 g/mol. The first-order valence-corrected chi connectivity index (χ1v) is 8.55. The van der Waals surface area contributed by atoms with E-state index in [0.29, 0.717) is 35.4 Å². The Kier molecular flexibility index (Phi) is 5.16. The van der Waals surface area contributed by atoms with Crippen molar-refractivity contribution in [3.8, 4) is 5.75 Å². The lowest BCUT2D eigenvalue weighted by molar-refractivity contribution is 0.0946. The molecule has 0 bridgehead atoms. The van der Waals surface area contributed by atoms with Crippen LogP contribution in [-0.4, -0.2) is 17.5 Å². The van der Waals surface area contributed by atoms with Gasteiger partial charge in [-0.3, -0.25) is 4.79 Å². The number of nitrogens with one attached hydrogen (secondary N) is 1. The highest BCUT2D eigenvalue weighted by Crippen LogP contribution is 2.28. The lowest BCUT2D eigenvalue weighted by atomic mass is 10.1. The van der Waals surface area contributed by atoms with Gasteiger partial charge in [-0.25, -0.2) is 9.37 Å². The first kappa shape index (κ1) is 17.9. The van der Waals surface area contributed by atoms with E-state index < -0.39 is 0 Å². The molecule has 0 fully saturated rings. The second-order valence-electron chi connectivity index (χ2n) is 6.23. The summed E-state index contributed by atoms with van der Waals surface area (Å²) in [6.45, 7) is 6.45. The zero-order chi connectivity index (χ0) is 18.7. The molecule has 0 spiro atoms. The van der Waals surface area contributed by atoms with Crippen LogP contribution in [0.2, 0.25) is 0 Å². The normalized spacial score (nSPS) is 10.8. The quantitative estimate of drug-likeness (QED) is 0.744. The first-order chi connectivity index (χ1) is 12.5. The van der Waals surface area contributed by atoms with Crippen LogP contribution in [0.4, 0.5) is 4.39 Å². The van der Waals surface area contributed by atoms with E-state index in [-0.39, 0.29) is 17.4 Å². The lowest BCUT2D eigenvalue weighted by Crippen LogP contribution is -2.24. The van der Waals surface area contributed by atoms with Gasteiger partial charge in [0.1, 0.15) is 17.3 Å². The Bertz CT molecular complexity index is 952. The summed E-state index contributed by atoms with van der Waals surface area (Å²) in [6.07, 6.45) is 0. The fourth-order valence-corrected chi connectivity index (χ4v) is 2.80. The molecule has 1 aromatic heterocycles. The second-order valence-corrected chi connectivity index (χ2v) is 6.23. The molecule has 0 aliphatic carbocycles. The number of halogens is 1. The van der Waals surface area contributed by atoms with Crippen LogP contribution in [0.15, 0.2) is 42.5 Å². The summed E-state index contributed by atoms with van der Waals surface area (Å²) in [5, 5.41) is 3.44. The minimum absolute atomic E-state index is 0.253. The van der Waals surface area contributed by atoms with Crippen LogP contribution in [0.25, 0.3) is 10.9 Å². The Labute approximate surface area is 152 Å². The van der Waals surface area contributed by atoms with E-state index in [1.54, 1.807) is 13.0 Å². The van der Waals surface area contributed by atoms with Gasteiger partial charge in [-0.2, -0.15) is 0 Å². The van der Waals surface area contributed by atoms with Crippen LogP contribution in [0.1, 0.15) is 34.1 Å². The molecule has 2 aromatic carbocycles. The maximum absolute atomic E-state index is 13.8. The van der Waals surface area contributed by atoms with Crippen molar-refractivity contribution in [3.05, 3.63) is 70.7 Å². The molecule has 134 valence electrons. The van der Waals surface area contributed by atoms with Crippen LogP contribution in [0.5, 0.6) is 5.75 Å². The summed E-state index contributed by atoms with van der Waals surface area (Å²) in [6, 6.07) is 12.3. The number of nitrogens with zero attached hydrogens (tertiary/aromatic N) is 1. The standard InChI is InChI=1S/C21H21FN2O2/c1-4-26-19-11-18(24-20-14(3)9-16(22)10-17(19)20)21(25)23-12-15-7-5-13(2)6-8-15/h5-11H,4,12H2,1-3H3,(H,23,25). The molecular weight excluding hydrogens is 331 g/mol. The van der Waals surface area contributed by atoms with Gasteiger partial charge in [-0.1, -0.05) is 29.8 Å². The summed E-state index contributed by atoms with van der Waals surface area (Å²) in [5.41, 5.74) is 3.66. The third-order valence-electron chi connectivity index (χ3n) is 4.14. The number of hydrogen-bond acceptors (Lipinski definition) is 3. The molecule has 3 aromatic rings. The van der Waals surface area contributed by atoms with Crippen molar-refractivity contribution >= 4 is 16.8 Å². The molecule has 1 heterocycles. The summed E-state index contributed by atoms with van der Waals surface area (Å²) >= 11 is 0. The van der Waals surface area contributed by atoms with Crippen molar-refractivity contribution in [1.82, 2.24) is 10.3 Å². The third-order valence-corrected chi connectivity index (χ3v) is 4.14. The minimum atomic E-state index is -0.352. The molecule has 0 aliphatic rings. The molecule has 0 saturated heterocycles. The van der Waals surface area contributed by atoms with E-state index in [9.17, 15) is 9.18 Å². The Balaban J connectivity index is 1.91. The van der Waals surface area contributed by atoms with Crippen LogP contribution in [-0.2, 0) is 6.54 Å². The number of hydrogen-bond donors (Lipinski definition) is 1. The molecule has 0 atom stereocenters. The largest absolute Gasteiger partial charge is 0.493 e. The predicted octanol–water partition coefficient (Wildman–Crippen LogP) is 4.32. The summed E-state index contributed by atoms with van der Waals surface area (Å²) in [5.74, 6) is -0.188. The van der Waals surface area contributed by atoms with Crippen molar-refractivity contribution in [2.45, 2.75) is 27.3 Å². The molecule has 0 unspecified atom stereocenters. The smallest absolute Gasteiger partial charge is 0.270 e. The SMILES string of the molecule is CCOc1cc(C(=O)NCc2ccc(C)cc2)nc2c(C)cc(F)cc12. The highest BCUT2D eigenvalue weighted by Gasteiger charge is 2.15. The highest BCUT2D eigenvalue weighted by atomic mass is 19.1. The highest BCUT2D eigenvalue weighted by molar-refractivity contribution is 5.97. The van der Waals surface area contributed by atoms with Gasteiger partial charge in [0, 0.05) is 18.0 Å². The molecule has 4 nitrogen and oxygen atoms in total. The number of ether oxygens (including phenoxy) is 1. The monoisotopic (exact) mass is 352 g/mol. The van der Waals surface area contributed by atoms with Gasteiger partial charge >= 0.3 is 0 Å². The average Bonchev–Trinajstić information content (AvgIpc) is 2.61. The number of amides is 1. The second kappa shape index (κ2) is 7.52. The Morgan fingerprint density at radius 2 is 1.88 bits per heavy atom. The summed E-state index contributed by atoms with van der Waals surface area (Å²) < 4.78 is 19.4. The zero-order valence-corrected chi connectivity index (χ0v) is 15.1. The van der Waals surface area contributed by atoms with E-state index in [1.165, 1.54) is 17.7 Å². The van der Waals surface area contributed by atoms with Gasteiger partial charge in [0.25, 0.3) is 5.91 Å². The van der Waals surface area contributed by atoms with E-state index in [1.807, 2.05) is 38.1 Å². The van der Waals surface area contributed by atoms with Crippen molar-refractivity contribution in [2.75, 3.05) is 6.61 Å². The predicted molar refractivity (Wildman–Crippen MR) is 100.0 cm³/mol. The van der Waals surface area contributed by atoms with Crippen LogP contribution in [0, 0.1) is 19.7 Å². The molecule has 1 N–H and O–H groups in total. The molecule has 0 aliphatic heterocycles. The number of fused-ring (bicyclic) bond motifs is 1. The number of benzene rings is 2. The summed E-state index contributed by atoms with van der Waals surface area (Å²) in [7, 11) is 0. The fraction of sp³-hybridized carbons (Fsp3) is 0.238. The van der Waals surface area contributed by atoms with E-state index in [4.69, 9.17) is 4.74 Å². The van der Waals surface area contributed by atoms with Gasteiger partial charge in [-0.05, 0) is 44.0 Å². The minimum Gasteiger partial charge on any atom is -0.493 e. The molecule has 1 amide bonds. The van der Waals surface area contributed by atoms with E-state index in [0.717, 1.165) is 5.56 Å². The number of pyridine rings is 1. The number of carbonyl (C=O) groups excluding carboxylic acids is 1. The van der Waals surface area contributed by atoms with Crippen LogP contribution in [0.3, 0.4) is 0 Å². The third kappa shape index (κ3) is 3.82. The number of rotatable bonds is 5. The molecule has 0 radical (unpaired) electrons. The maximum atomic E-state index is 13.8. The topological polar surface area (TPSA) is 51.2 Å². The molecule has 5 heteroatoms. The van der Waals surface area contributed by atoms with E-state index >= 15 is 0 Å². The fourth-order valence-electron chi connectivity index (χ4n) is 2.80. The Hall–Kier alpha value is -2.95. The first-order valence-electron chi connectivity index (χ1n) is 8.55. The summed E-state index contributed by atoms with van der Waals surface area (Å²) in [4.78, 5) is 17.0. The number of aromatic nitrogens is 1. The van der Waals surface area contributed by atoms with Gasteiger partial charge < -0.3 is 10.1 Å². The number of carbonyl (C=O) groups is 1. The van der Waals surface area contributed by atoms with Crippen molar-refractivity contribution in [3.63, 3.8) is 0 Å². The number of aryl methyl sites for hydroxylation is 2. The van der Waals surface area contributed by atoms with Gasteiger partial charge in [-0.15, -0.1) is 0 Å². The van der Waals surface area contributed by atoms with Gasteiger partial charge in [0.2, 0.25) is 0 Å². The molecule has 0 saturated carbocycles. The maximum Gasteiger partial charge on any atom is 0.270 e. The van der Waals surface area contributed by atoms with Crippen LogP contribution < -0.4 is 10.1 Å². The molecule has 3 rings (SSSR count). The van der Waals surface area contributed by atoms with E-state index in [2.05, 4.69) is 10.3 Å². The van der Waals surface area contributed by atoms with Gasteiger partial charge in [0.15, 0.2) is 0 Å². The van der Waals surface area contributed by atoms with Crippen molar-refractivity contribution < 1.29 is 13.9 Å². The Morgan fingerprint density at radius 1 is 1.15 bits per heavy atom. The Morgan fingerprint density at radius 3 is 2.58 bits per heavy atom. The van der Waals surface area contributed by atoms with Crippen LogP contribution >= 0.6 is 0 Å². The lowest BCUT2D eigenvalue weighted by Gasteiger charge is -2.12. The van der Waals surface area contributed by atoms with Gasteiger partial charge in [0.05, 0.1) is 12.1 Å². The van der Waals surface area contributed by atoms with Crippen molar-refractivity contribution in [1.29, 1.82) is 0 Å². The molecular formula is C21H21FN2O2.